The van der Waals surface area contributed by atoms with Crippen LogP contribution in [-0.2, 0) is 4.74 Å². The summed E-state index contributed by atoms with van der Waals surface area (Å²) in [6.07, 6.45) is 1.05. The molecule has 21 heavy (non-hydrogen) atoms. The van der Waals surface area contributed by atoms with Gasteiger partial charge in [0.15, 0.2) is 5.78 Å². The van der Waals surface area contributed by atoms with Crippen LogP contribution in [0.4, 0.5) is 11.5 Å². The Morgan fingerprint density at radius 3 is 3.14 bits per heavy atom. The van der Waals surface area contributed by atoms with Gasteiger partial charge in [0.1, 0.15) is 11.9 Å². The Morgan fingerprint density at radius 2 is 2.43 bits per heavy atom. The van der Waals surface area contributed by atoms with Gasteiger partial charge in [-0.05, 0) is 11.4 Å². The monoisotopic (exact) mass is 323 g/mol. The summed E-state index contributed by atoms with van der Waals surface area (Å²) in [5, 5.41) is 4.15. The van der Waals surface area contributed by atoms with Gasteiger partial charge in [0.2, 0.25) is 0 Å². The van der Waals surface area contributed by atoms with Crippen molar-refractivity contribution in [1.29, 1.82) is 0 Å². The number of nitrogen functional groups attached to an aromatic ring is 1. The smallest absolute Gasteiger partial charge is 0.194 e. The lowest BCUT2D eigenvalue weighted by molar-refractivity contribution is 0.0340. The van der Waals surface area contributed by atoms with Gasteiger partial charge >= 0.3 is 0 Å². The number of ether oxygens (including phenoxy) is 1. The number of thiophene rings is 1. The third-order valence-electron chi connectivity index (χ3n) is 3.36. The van der Waals surface area contributed by atoms with Crippen molar-refractivity contribution in [3.05, 3.63) is 39.7 Å². The van der Waals surface area contributed by atoms with Crippen LogP contribution in [0.15, 0.2) is 29.1 Å². The van der Waals surface area contributed by atoms with E-state index < -0.39 is 6.10 Å². The highest BCUT2D eigenvalue weighted by atomic mass is 35.5. The zero-order valence-electron chi connectivity index (χ0n) is 11.2. The molecule has 2 aromatic heterocycles. The van der Waals surface area contributed by atoms with Crippen molar-refractivity contribution in [1.82, 2.24) is 4.98 Å². The Kier molecular flexibility index (Phi) is 4.10. The van der Waals surface area contributed by atoms with E-state index in [-0.39, 0.29) is 5.78 Å². The highest BCUT2D eigenvalue weighted by Gasteiger charge is 2.28. The number of morpholine rings is 1. The third kappa shape index (κ3) is 3.02. The number of hydrogen-bond donors (Lipinski definition) is 1. The molecule has 2 N–H and O–H groups in total. The van der Waals surface area contributed by atoms with Gasteiger partial charge in [-0.15, -0.1) is 0 Å². The Balaban J connectivity index is 1.76. The molecule has 1 saturated heterocycles. The van der Waals surface area contributed by atoms with E-state index in [2.05, 4.69) is 4.98 Å². The number of pyridine rings is 1. The predicted octanol–water partition coefficient (Wildman–Crippen LogP) is 2.47. The topological polar surface area (TPSA) is 68.4 Å². The minimum Gasteiger partial charge on any atom is -0.397 e. The van der Waals surface area contributed by atoms with Crippen LogP contribution in [0.25, 0.3) is 0 Å². The van der Waals surface area contributed by atoms with Gasteiger partial charge in [0.25, 0.3) is 0 Å². The zero-order valence-corrected chi connectivity index (χ0v) is 12.7. The summed E-state index contributed by atoms with van der Waals surface area (Å²) in [7, 11) is 0. The number of carbonyl (C=O) groups excluding carboxylic acids is 1. The molecule has 7 heteroatoms. The average molecular weight is 324 g/mol. The molecule has 0 amide bonds. The number of carbonyl (C=O) groups is 1. The Hall–Kier alpha value is -1.63. The number of nitrogens with zero attached hydrogens (tertiary/aromatic N) is 2. The summed E-state index contributed by atoms with van der Waals surface area (Å²) in [6.45, 7) is 1.61. The maximum Gasteiger partial charge on any atom is 0.194 e. The van der Waals surface area contributed by atoms with Crippen LogP contribution in [0.3, 0.4) is 0 Å². The van der Waals surface area contributed by atoms with Gasteiger partial charge in [-0.2, -0.15) is 11.3 Å². The van der Waals surface area contributed by atoms with E-state index >= 15 is 0 Å². The minimum atomic E-state index is -0.480. The van der Waals surface area contributed by atoms with Crippen LogP contribution in [0, 0.1) is 0 Å². The highest BCUT2D eigenvalue weighted by Crippen LogP contribution is 2.24. The summed E-state index contributed by atoms with van der Waals surface area (Å²) in [4.78, 5) is 18.6. The molecule has 1 aliphatic rings. The van der Waals surface area contributed by atoms with Gasteiger partial charge in [-0.25, -0.2) is 4.98 Å². The summed E-state index contributed by atoms with van der Waals surface area (Å²) in [5.41, 5.74) is 6.97. The maximum atomic E-state index is 12.3. The molecule has 0 aromatic carbocycles. The molecule has 5 nitrogen and oxygen atoms in total. The van der Waals surface area contributed by atoms with E-state index in [1.807, 2.05) is 21.7 Å². The Bertz CT molecular complexity index is 648. The first-order valence-corrected chi connectivity index (χ1v) is 7.81. The van der Waals surface area contributed by atoms with E-state index in [4.69, 9.17) is 22.1 Å². The number of ketones is 1. The highest BCUT2D eigenvalue weighted by molar-refractivity contribution is 7.08. The molecule has 1 atom stereocenters. The van der Waals surface area contributed by atoms with Crippen molar-refractivity contribution in [2.24, 2.45) is 0 Å². The average Bonchev–Trinajstić information content (AvgIpc) is 3.04. The number of nitrogens with two attached hydrogens (primary N) is 1. The summed E-state index contributed by atoms with van der Waals surface area (Å²) >= 11 is 7.38. The van der Waals surface area contributed by atoms with Crippen LogP contribution in [0.5, 0.6) is 0 Å². The lowest BCUT2D eigenvalue weighted by Gasteiger charge is -2.33. The van der Waals surface area contributed by atoms with Gasteiger partial charge in [0, 0.05) is 29.8 Å². The van der Waals surface area contributed by atoms with Crippen molar-refractivity contribution in [3.8, 4) is 0 Å². The van der Waals surface area contributed by atoms with Gasteiger partial charge in [-0.1, -0.05) is 11.6 Å². The Morgan fingerprint density at radius 1 is 1.57 bits per heavy atom. The molecule has 0 saturated carbocycles. The largest absolute Gasteiger partial charge is 0.397 e. The fraction of sp³-hybridized carbons (Fsp3) is 0.286. The molecule has 1 fully saturated rings. The fourth-order valence-electron chi connectivity index (χ4n) is 2.22. The van der Waals surface area contributed by atoms with Crippen LogP contribution < -0.4 is 10.6 Å². The van der Waals surface area contributed by atoms with Crippen molar-refractivity contribution in [2.45, 2.75) is 6.10 Å². The van der Waals surface area contributed by atoms with E-state index in [1.54, 1.807) is 6.07 Å². The third-order valence-corrected chi connectivity index (χ3v) is 4.36. The summed E-state index contributed by atoms with van der Waals surface area (Å²) < 4.78 is 5.60. The number of Topliss-reactive ketones (excluding diaryl/α,β-unsaturated/α-hetero) is 1. The van der Waals surface area contributed by atoms with Gasteiger partial charge < -0.3 is 15.4 Å². The molecular formula is C14H14ClN3O2S. The predicted molar refractivity (Wildman–Crippen MR) is 84.3 cm³/mol. The van der Waals surface area contributed by atoms with E-state index in [0.717, 1.165) is 0 Å². The molecular weight excluding hydrogens is 310 g/mol. The molecule has 110 valence electrons. The normalized spacial score (nSPS) is 18.7. The van der Waals surface area contributed by atoms with Crippen LogP contribution >= 0.6 is 22.9 Å². The molecule has 0 aliphatic carbocycles. The lowest BCUT2D eigenvalue weighted by Crippen LogP contribution is -2.46. The second kappa shape index (κ2) is 6.01. The molecule has 0 unspecified atom stereocenters. The van der Waals surface area contributed by atoms with Crippen molar-refractivity contribution >= 4 is 40.2 Å². The van der Waals surface area contributed by atoms with E-state index in [0.29, 0.717) is 41.8 Å². The van der Waals surface area contributed by atoms with Crippen molar-refractivity contribution in [2.75, 3.05) is 30.3 Å². The number of rotatable bonds is 3. The number of anilines is 2. The molecule has 0 radical (unpaired) electrons. The summed E-state index contributed by atoms with van der Waals surface area (Å²) in [5.74, 6) is 0.714. The van der Waals surface area contributed by atoms with Gasteiger partial charge in [-0.3, -0.25) is 4.79 Å². The summed E-state index contributed by atoms with van der Waals surface area (Å²) in [6, 6.07) is 3.54. The second-order valence-corrected chi connectivity index (χ2v) is 5.93. The molecule has 3 heterocycles. The van der Waals surface area contributed by atoms with Crippen molar-refractivity contribution in [3.63, 3.8) is 0 Å². The fourth-order valence-corrected chi connectivity index (χ4v) is 2.97. The molecule has 0 bridgehead atoms. The quantitative estimate of drug-likeness (QED) is 0.879. The Labute approximate surface area is 131 Å². The molecule has 0 spiro atoms. The van der Waals surface area contributed by atoms with Crippen LogP contribution in [-0.4, -0.2) is 36.6 Å². The van der Waals surface area contributed by atoms with Crippen LogP contribution in [0.1, 0.15) is 10.4 Å². The second-order valence-electron chi connectivity index (χ2n) is 4.75. The molecule has 1 aliphatic heterocycles. The number of halogens is 1. The SMILES string of the molecule is Nc1cc(N2CCO[C@@H](C(=O)c3ccsc3)C2)ncc1Cl. The zero-order chi connectivity index (χ0) is 14.8. The first-order valence-electron chi connectivity index (χ1n) is 6.49. The lowest BCUT2D eigenvalue weighted by atomic mass is 10.1. The van der Waals surface area contributed by atoms with Crippen LogP contribution in [0.2, 0.25) is 5.02 Å². The number of hydrogen-bond acceptors (Lipinski definition) is 6. The first-order chi connectivity index (χ1) is 10.1. The standard InChI is InChI=1S/C14H14ClN3O2S/c15-10-6-17-13(5-11(10)16)18-2-3-20-12(7-18)14(19)9-1-4-21-8-9/h1,4-6,8,12H,2-3,7H2,(H2,16,17)/t12-/m1/s1. The minimum absolute atomic E-state index is 0.00267. The maximum absolute atomic E-state index is 12.3. The van der Waals surface area contributed by atoms with E-state index in [1.165, 1.54) is 17.5 Å². The van der Waals surface area contributed by atoms with Gasteiger partial charge in [0.05, 0.1) is 23.9 Å². The first kappa shape index (κ1) is 14.3. The van der Waals surface area contributed by atoms with E-state index in [9.17, 15) is 4.79 Å². The van der Waals surface area contributed by atoms with Crippen molar-refractivity contribution < 1.29 is 9.53 Å². The molecule has 2 aromatic rings. The number of aromatic nitrogens is 1. The molecule has 3 rings (SSSR count).